The maximum absolute atomic E-state index is 13.3. The van der Waals surface area contributed by atoms with Crippen LogP contribution in [0.5, 0.6) is 0 Å². The lowest BCUT2D eigenvalue weighted by Crippen LogP contribution is -2.36. The average molecular weight is 741 g/mol. The zero-order valence-electron chi connectivity index (χ0n) is 32.1. The molecule has 2 N–H and O–H groups in total. The Kier molecular flexibility index (Phi) is 10.6. The van der Waals surface area contributed by atoms with E-state index in [2.05, 4.69) is 19.9 Å². The zero-order valence-corrected chi connectivity index (χ0v) is 32.1. The highest BCUT2D eigenvalue weighted by Gasteiger charge is 2.36. The van der Waals surface area contributed by atoms with Crippen molar-refractivity contribution in [1.29, 1.82) is 0 Å². The minimum atomic E-state index is -0.622. The van der Waals surface area contributed by atoms with E-state index in [1.54, 1.807) is 46.5 Å². The number of nitrogens with zero attached hydrogens (tertiary/aromatic N) is 4. The number of carbonyl (C=O) groups is 4. The van der Waals surface area contributed by atoms with Crippen molar-refractivity contribution in [3.63, 3.8) is 0 Å². The Balaban J connectivity index is 1.30. The molecule has 4 aromatic rings. The molecule has 0 bridgehead atoms. The number of rotatable bonds is 7. The molecular weight excluding hydrogens is 692 g/mol. The van der Waals surface area contributed by atoms with Crippen LogP contribution in [0.1, 0.15) is 112 Å². The van der Waals surface area contributed by atoms with Crippen molar-refractivity contribution in [2.75, 3.05) is 27.3 Å². The van der Waals surface area contributed by atoms with E-state index in [1.807, 2.05) is 53.7 Å². The first-order valence-corrected chi connectivity index (χ1v) is 18.1. The predicted molar refractivity (Wildman–Crippen MR) is 200 cm³/mol. The molecule has 0 unspecified atom stereocenters. The summed E-state index contributed by atoms with van der Waals surface area (Å²) in [6, 6.07) is 9.99. The van der Waals surface area contributed by atoms with E-state index in [1.165, 1.54) is 14.2 Å². The number of esters is 2. The lowest BCUT2D eigenvalue weighted by Gasteiger charge is -2.27. The molecule has 2 atom stereocenters. The molecule has 54 heavy (non-hydrogen) atoms. The van der Waals surface area contributed by atoms with Gasteiger partial charge in [0.05, 0.1) is 61.2 Å². The van der Waals surface area contributed by atoms with Gasteiger partial charge in [0.2, 0.25) is 0 Å². The van der Waals surface area contributed by atoms with Crippen LogP contribution in [0.3, 0.4) is 0 Å². The summed E-state index contributed by atoms with van der Waals surface area (Å²) < 4.78 is 21.6. The number of benzene rings is 2. The van der Waals surface area contributed by atoms with E-state index >= 15 is 0 Å². The molecule has 286 valence electrons. The Morgan fingerprint density at radius 2 is 1.04 bits per heavy atom. The molecule has 2 aliphatic rings. The fourth-order valence-corrected chi connectivity index (χ4v) is 6.94. The largest absolute Gasteiger partial charge is 0.465 e. The molecule has 6 rings (SSSR count). The smallest absolute Gasteiger partial charge is 0.410 e. The van der Waals surface area contributed by atoms with E-state index < -0.39 is 23.1 Å². The molecule has 2 saturated heterocycles. The summed E-state index contributed by atoms with van der Waals surface area (Å²) in [6.45, 7) is 12.1. The van der Waals surface area contributed by atoms with Gasteiger partial charge >= 0.3 is 24.1 Å². The summed E-state index contributed by atoms with van der Waals surface area (Å²) >= 11 is 0. The highest BCUT2D eigenvalue weighted by atomic mass is 16.6. The molecule has 2 fully saturated rings. The zero-order chi connectivity index (χ0) is 38.9. The number of aromatic nitrogens is 4. The number of methoxy groups -OCH3 is 2. The molecule has 2 amide bonds. The number of H-pyrrole nitrogens is 2. The summed E-state index contributed by atoms with van der Waals surface area (Å²) in [5, 5.41) is 0. The number of amides is 2. The molecule has 0 radical (unpaired) electrons. The third-order valence-electron chi connectivity index (χ3n) is 9.35. The molecule has 4 heterocycles. The molecule has 0 spiro atoms. The lowest BCUT2D eigenvalue weighted by atomic mass is 9.91. The summed E-state index contributed by atoms with van der Waals surface area (Å²) in [7, 11) is 2.60. The normalized spacial score (nSPS) is 17.4. The summed E-state index contributed by atoms with van der Waals surface area (Å²) in [6.07, 6.45) is 5.66. The van der Waals surface area contributed by atoms with E-state index in [4.69, 9.17) is 18.9 Å². The van der Waals surface area contributed by atoms with Crippen molar-refractivity contribution in [3.8, 4) is 33.6 Å². The first kappa shape index (κ1) is 38.1. The first-order chi connectivity index (χ1) is 25.6. The molecule has 14 heteroatoms. The standard InChI is InChI=1S/C40H48N6O8/c1-39(2,3)53-37(49)45-17-9-11-31(45)33-41-21-29(43-33)23-13-15-25(27(19-23)35(47)51-7)26-16-14-24(20-28(26)36(48)52-8)30-22-42-34(44-30)32-12-10-18-46(32)38(50)54-40(4,5)6/h13-16,19-22,31-32H,9-12,17-18H2,1-8H3,(H,41,43)(H,42,44)/t31-,32-/m0/s1. The quantitative estimate of drug-likeness (QED) is 0.141. The van der Waals surface area contributed by atoms with Gasteiger partial charge in [0.25, 0.3) is 0 Å². The van der Waals surface area contributed by atoms with Crippen molar-refractivity contribution in [3.05, 3.63) is 71.6 Å². The fourth-order valence-electron chi connectivity index (χ4n) is 6.94. The summed E-state index contributed by atoms with van der Waals surface area (Å²) in [5.74, 6) is 0.0477. The van der Waals surface area contributed by atoms with Gasteiger partial charge in [0, 0.05) is 24.2 Å². The van der Waals surface area contributed by atoms with Crippen LogP contribution in [0.25, 0.3) is 33.6 Å². The number of nitrogens with one attached hydrogen (secondary N) is 2. The highest BCUT2D eigenvalue weighted by molar-refractivity contribution is 6.04. The van der Waals surface area contributed by atoms with E-state index in [-0.39, 0.29) is 35.4 Å². The Bertz CT molecular complexity index is 1910. The van der Waals surface area contributed by atoms with Gasteiger partial charge in [-0.05, 0) is 90.5 Å². The first-order valence-electron chi connectivity index (χ1n) is 18.1. The average Bonchev–Trinajstić information content (AvgIpc) is 3.95. The van der Waals surface area contributed by atoms with Gasteiger partial charge in [-0.1, -0.05) is 24.3 Å². The van der Waals surface area contributed by atoms with Gasteiger partial charge in [-0.2, -0.15) is 0 Å². The van der Waals surface area contributed by atoms with Gasteiger partial charge in [-0.15, -0.1) is 0 Å². The maximum Gasteiger partial charge on any atom is 0.410 e. The SMILES string of the molecule is COC(=O)c1cc(-c2cnc([C@@H]3CCCN3C(=O)OC(C)(C)C)[nH]2)ccc1-c1ccc(-c2cnc([C@@H]3CCCN3C(=O)OC(C)(C)C)[nH]2)cc1C(=O)OC. The summed E-state index contributed by atoms with van der Waals surface area (Å²) in [5.41, 5.74) is 2.75. The van der Waals surface area contributed by atoms with Crippen LogP contribution in [0.2, 0.25) is 0 Å². The van der Waals surface area contributed by atoms with Crippen molar-refractivity contribution in [1.82, 2.24) is 29.7 Å². The van der Waals surface area contributed by atoms with E-state index in [9.17, 15) is 19.2 Å². The third kappa shape index (κ3) is 8.12. The third-order valence-corrected chi connectivity index (χ3v) is 9.35. The second kappa shape index (κ2) is 15.0. The van der Waals surface area contributed by atoms with Crippen LogP contribution in [-0.2, 0) is 18.9 Å². The number of imidazole rings is 2. The van der Waals surface area contributed by atoms with Crippen LogP contribution >= 0.6 is 0 Å². The Labute approximate surface area is 314 Å². The van der Waals surface area contributed by atoms with Crippen LogP contribution in [0.15, 0.2) is 48.8 Å². The highest BCUT2D eigenvalue weighted by Crippen LogP contribution is 2.37. The van der Waals surface area contributed by atoms with Crippen molar-refractivity contribution >= 4 is 24.1 Å². The van der Waals surface area contributed by atoms with Crippen LogP contribution < -0.4 is 0 Å². The number of hydrogen-bond acceptors (Lipinski definition) is 10. The minimum Gasteiger partial charge on any atom is -0.465 e. The number of hydrogen-bond donors (Lipinski definition) is 2. The Hall–Kier alpha value is -5.66. The molecule has 2 aromatic heterocycles. The van der Waals surface area contributed by atoms with Gasteiger partial charge in [0.15, 0.2) is 0 Å². The van der Waals surface area contributed by atoms with Gasteiger partial charge in [0.1, 0.15) is 22.9 Å². The Morgan fingerprint density at radius 1 is 0.648 bits per heavy atom. The number of carbonyl (C=O) groups excluding carboxylic acids is 4. The predicted octanol–water partition coefficient (Wildman–Crippen LogP) is 7.85. The van der Waals surface area contributed by atoms with E-state index in [0.29, 0.717) is 58.4 Å². The molecule has 2 aromatic carbocycles. The van der Waals surface area contributed by atoms with Gasteiger partial charge in [-0.25, -0.2) is 29.1 Å². The lowest BCUT2D eigenvalue weighted by molar-refractivity contribution is 0.0208. The van der Waals surface area contributed by atoms with Crippen LogP contribution in [0, 0.1) is 0 Å². The minimum absolute atomic E-state index is 0.229. The van der Waals surface area contributed by atoms with Crippen molar-refractivity contribution < 1.29 is 38.1 Å². The Morgan fingerprint density at radius 3 is 1.39 bits per heavy atom. The molecular formula is C40H48N6O8. The molecule has 2 aliphatic heterocycles. The molecule has 0 aliphatic carbocycles. The van der Waals surface area contributed by atoms with Crippen molar-refractivity contribution in [2.24, 2.45) is 0 Å². The summed E-state index contributed by atoms with van der Waals surface area (Å²) in [4.78, 5) is 71.7. The number of ether oxygens (including phenoxy) is 4. The number of aromatic amines is 2. The second-order valence-electron chi connectivity index (χ2n) is 15.5. The molecule has 14 nitrogen and oxygen atoms in total. The van der Waals surface area contributed by atoms with Gasteiger partial charge in [-0.3, -0.25) is 9.80 Å². The maximum atomic E-state index is 13.3. The topological polar surface area (TPSA) is 169 Å². The number of likely N-dealkylation sites (tertiary alicyclic amines) is 2. The van der Waals surface area contributed by atoms with Crippen molar-refractivity contribution in [2.45, 2.75) is 90.5 Å². The second-order valence-corrected chi connectivity index (χ2v) is 15.5. The fraction of sp³-hybridized carbons (Fsp3) is 0.450. The van der Waals surface area contributed by atoms with Crippen LogP contribution in [-0.4, -0.2) is 92.4 Å². The van der Waals surface area contributed by atoms with Crippen LogP contribution in [0.4, 0.5) is 9.59 Å². The van der Waals surface area contributed by atoms with E-state index in [0.717, 1.165) is 25.7 Å². The van der Waals surface area contributed by atoms with Gasteiger partial charge < -0.3 is 28.9 Å². The monoisotopic (exact) mass is 740 g/mol. The molecule has 0 saturated carbocycles.